The highest BCUT2D eigenvalue weighted by Gasteiger charge is 2.23. The van der Waals surface area contributed by atoms with Crippen molar-refractivity contribution in [3.8, 4) is 0 Å². The molecule has 1 N–H and O–H groups in total. The molecule has 156 valence electrons. The number of pyridine rings is 1. The summed E-state index contributed by atoms with van der Waals surface area (Å²) < 4.78 is 3.09. The van der Waals surface area contributed by atoms with E-state index in [1.807, 2.05) is 13.0 Å². The fraction of sp³-hybridized carbons (Fsp3) is 0.524. The van der Waals surface area contributed by atoms with Crippen molar-refractivity contribution in [2.24, 2.45) is 0 Å². The van der Waals surface area contributed by atoms with Crippen molar-refractivity contribution in [1.29, 1.82) is 0 Å². The van der Waals surface area contributed by atoms with E-state index in [1.165, 1.54) is 17.1 Å². The Bertz CT molecular complexity index is 911. The molecule has 1 aliphatic carbocycles. The van der Waals surface area contributed by atoms with E-state index >= 15 is 0 Å². The van der Waals surface area contributed by atoms with Gasteiger partial charge in [-0.05, 0) is 38.0 Å². The van der Waals surface area contributed by atoms with Crippen LogP contribution in [0.2, 0.25) is 0 Å². The average molecular weight is 399 g/mol. The molecule has 0 radical (unpaired) electrons. The fourth-order valence-electron chi connectivity index (χ4n) is 3.77. The van der Waals surface area contributed by atoms with Crippen LogP contribution in [-0.4, -0.2) is 50.7 Å². The quantitative estimate of drug-likeness (QED) is 0.765. The smallest absolute Gasteiger partial charge is 0.263 e. The second-order valence-electron chi connectivity index (χ2n) is 7.60. The second kappa shape index (κ2) is 9.54. The minimum absolute atomic E-state index is 0.0396. The van der Waals surface area contributed by atoms with Crippen molar-refractivity contribution in [2.45, 2.75) is 58.2 Å². The van der Waals surface area contributed by atoms with E-state index in [0.29, 0.717) is 13.1 Å². The van der Waals surface area contributed by atoms with Crippen LogP contribution in [-0.2, 0) is 17.9 Å². The molecule has 0 unspecified atom stereocenters. The summed E-state index contributed by atoms with van der Waals surface area (Å²) in [6.07, 6.45) is 8.76. The Kier molecular flexibility index (Phi) is 6.85. The highest BCUT2D eigenvalue weighted by atomic mass is 16.2. The van der Waals surface area contributed by atoms with Gasteiger partial charge in [-0.1, -0.05) is 19.3 Å². The summed E-state index contributed by atoms with van der Waals surface area (Å²) in [6.45, 7) is 2.76. The van der Waals surface area contributed by atoms with Crippen LogP contribution < -0.4 is 10.9 Å². The standard InChI is InChI=1S/C21H29N5O3/c1-16-10-11-23-26(16)14-12-22-20(28)18-9-6-13-25(21(18)29)15-19(27)24(2)17-7-4-3-5-8-17/h6,9-11,13,17H,3-5,7-8,12,14-15H2,1-2H3,(H,22,28). The number of carbonyl (C=O) groups is 2. The summed E-state index contributed by atoms with van der Waals surface area (Å²) in [5.41, 5.74) is 0.588. The second-order valence-corrected chi connectivity index (χ2v) is 7.60. The molecule has 8 heteroatoms. The van der Waals surface area contributed by atoms with Crippen molar-refractivity contribution in [3.05, 3.63) is 52.2 Å². The predicted octanol–water partition coefficient (Wildman–Crippen LogP) is 1.57. The van der Waals surface area contributed by atoms with Gasteiger partial charge in [0.1, 0.15) is 12.1 Å². The van der Waals surface area contributed by atoms with Crippen LogP contribution in [0, 0.1) is 6.92 Å². The number of nitrogens with zero attached hydrogens (tertiary/aromatic N) is 4. The van der Waals surface area contributed by atoms with Crippen LogP contribution in [0.3, 0.4) is 0 Å². The molecular formula is C21H29N5O3. The predicted molar refractivity (Wildman–Crippen MR) is 110 cm³/mol. The van der Waals surface area contributed by atoms with Gasteiger partial charge in [-0.2, -0.15) is 5.10 Å². The Morgan fingerprint density at radius 1 is 1.24 bits per heavy atom. The van der Waals surface area contributed by atoms with Crippen molar-refractivity contribution in [2.75, 3.05) is 13.6 Å². The number of hydrogen-bond donors (Lipinski definition) is 1. The fourth-order valence-corrected chi connectivity index (χ4v) is 3.77. The molecule has 2 aromatic rings. The average Bonchev–Trinajstić information content (AvgIpc) is 3.14. The largest absolute Gasteiger partial charge is 0.350 e. The number of rotatable bonds is 7. The van der Waals surface area contributed by atoms with Gasteiger partial charge < -0.3 is 14.8 Å². The van der Waals surface area contributed by atoms with E-state index in [0.717, 1.165) is 31.4 Å². The van der Waals surface area contributed by atoms with E-state index in [-0.39, 0.29) is 24.1 Å². The first kappa shape index (κ1) is 20.8. The molecule has 0 spiro atoms. The van der Waals surface area contributed by atoms with E-state index in [1.54, 1.807) is 35.1 Å². The van der Waals surface area contributed by atoms with Gasteiger partial charge in [0.05, 0.1) is 6.54 Å². The molecule has 2 aromatic heterocycles. The van der Waals surface area contributed by atoms with Gasteiger partial charge in [-0.3, -0.25) is 19.1 Å². The van der Waals surface area contributed by atoms with E-state index in [2.05, 4.69) is 10.4 Å². The number of hydrogen-bond acceptors (Lipinski definition) is 4. The summed E-state index contributed by atoms with van der Waals surface area (Å²) in [6, 6.07) is 5.24. The zero-order valence-electron chi connectivity index (χ0n) is 17.1. The molecule has 3 rings (SSSR count). The van der Waals surface area contributed by atoms with Gasteiger partial charge in [-0.15, -0.1) is 0 Å². The number of aromatic nitrogens is 3. The lowest BCUT2D eigenvalue weighted by atomic mass is 9.94. The molecule has 8 nitrogen and oxygen atoms in total. The molecule has 0 aromatic carbocycles. The Labute approximate surface area is 170 Å². The van der Waals surface area contributed by atoms with Crippen molar-refractivity contribution >= 4 is 11.8 Å². The lowest BCUT2D eigenvalue weighted by Gasteiger charge is -2.31. The molecule has 2 amide bonds. The van der Waals surface area contributed by atoms with E-state index in [4.69, 9.17) is 0 Å². The molecule has 0 aliphatic heterocycles. The Balaban J connectivity index is 1.60. The van der Waals surface area contributed by atoms with Gasteiger partial charge in [0.15, 0.2) is 0 Å². The van der Waals surface area contributed by atoms with Crippen LogP contribution in [0.25, 0.3) is 0 Å². The lowest BCUT2D eigenvalue weighted by Crippen LogP contribution is -2.42. The SMILES string of the molecule is Cc1ccnn1CCNC(=O)c1cccn(CC(=O)N(C)C2CCCCC2)c1=O. The monoisotopic (exact) mass is 399 g/mol. The van der Waals surface area contributed by atoms with Crippen LogP contribution in [0.1, 0.15) is 48.2 Å². The third kappa shape index (κ3) is 5.13. The van der Waals surface area contributed by atoms with Crippen LogP contribution in [0.4, 0.5) is 0 Å². The Hall–Kier alpha value is -2.90. The number of aryl methyl sites for hydroxylation is 1. The first-order valence-electron chi connectivity index (χ1n) is 10.2. The number of likely N-dealkylation sites (N-methyl/N-ethyl adjacent to an activating group) is 1. The highest BCUT2D eigenvalue weighted by molar-refractivity contribution is 5.93. The van der Waals surface area contributed by atoms with Crippen LogP contribution >= 0.6 is 0 Å². The first-order chi connectivity index (χ1) is 14.0. The summed E-state index contributed by atoms with van der Waals surface area (Å²) in [4.78, 5) is 39.5. The summed E-state index contributed by atoms with van der Waals surface area (Å²) in [5.74, 6) is -0.548. The van der Waals surface area contributed by atoms with E-state index < -0.39 is 11.5 Å². The van der Waals surface area contributed by atoms with Crippen molar-refractivity contribution < 1.29 is 9.59 Å². The molecular weight excluding hydrogens is 370 g/mol. The Morgan fingerprint density at radius 3 is 2.69 bits per heavy atom. The van der Waals surface area contributed by atoms with Crippen LogP contribution in [0.5, 0.6) is 0 Å². The minimum Gasteiger partial charge on any atom is -0.350 e. The normalized spacial score (nSPS) is 14.6. The summed E-state index contributed by atoms with van der Waals surface area (Å²) in [5, 5.41) is 6.91. The molecule has 2 heterocycles. The minimum atomic E-state index is -0.453. The maximum Gasteiger partial charge on any atom is 0.263 e. The lowest BCUT2D eigenvalue weighted by molar-refractivity contribution is -0.133. The molecule has 0 saturated heterocycles. The third-order valence-electron chi connectivity index (χ3n) is 5.62. The number of nitrogens with one attached hydrogen (secondary N) is 1. The number of amides is 2. The van der Waals surface area contributed by atoms with Gasteiger partial charge in [-0.25, -0.2) is 0 Å². The first-order valence-corrected chi connectivity index (χ1v) is 10.2. The molecule has 29 heavy (non-hydrogen) atoms. The summed E-state index contributed by atoms with van der Waals surface area (Å²) in [7, 11) is 1.80. The molecule has 0 atom stereocenters. The topological polar surface area (TPSA) is 89.2 Å². The maximum absolute atomic E-state index is 12.7. The molecule has 1 saturated carbocycles. The molecule has 1 fully saturated rings. The molecule has 1 aliphatic rings. The van der Waals surface area contributed by atoms with Crippen molar-refractivity contribution in [1.82, 2.24) is 24.6 Å². The zero-order valence-corrected chi connectivity index (χ0v) is 17.1. The van der Waals surface area contributed by atoms with Gasteiger partial charge in [0.25, 0.3) is 11.5 Å². The maximum atomic E-state index is 12.7. The third-order valence-corrected chi connectivity index (χ3v) is 5.62. The van der Waals surface area contributed by atoms with Crippen molar-refractivity contribution in [3.63, 3.8) is 0 Å². The van der Waals surface area contributed by atoms with Gasteiger partial charge >= 0.3 is 0 Å². The number of carbonyl (C=O) groups excluding carboxylic acids is 2. The van der Waals surface area contributed by atoms with Crippen LogP contribution in [0.15, 0.2) is 35.4 Å². The molecule has 0 bridgehead atoms. The van der Waals surface area contributed by atoms with E-state index in [9.17, 15) is 14.4 Å². The van der Waals surface area contributed by atoms with Gasteiger partial charge in [0, 0.05) is 37.7 Å². The summed E-state index contributed by atoms with van der Waals surface area (Å²) >= 11 is 0. The zero-order chi connectivity index (χ0) is 20.8. The van der Waals surface area contributed by atoms with Gasteiger partial charge in [0.2, 0.25) is 5.91 Å². The Morgan fingerprint density at radius 2 is 2.00 bits per heavy atom. The highest BCUT2D eigenvalue weighted by Crippen LogP contribution is 2.21.